The molecule has 0 aromatic carbocycles. The van der Waals surface area contributed by atoms with Crippen LogP contribution >= 0.6 is 0 Å². The zero-order chi connectivity index (χ0) is 13.1. The Morgan fingerprint density at radius 2 is 2.18 bits per heavy atom. The lowest BCUT2D eigenvalue weighted by Crippen LogP contribution is -2.25. The Kier molecular flexibility index (Phi) is 4.17. The largest absolute Gasteiger partial charge is 0.479 e. The van der Waals surface area contributed by atoms with Gasteiger partial charge in [0.25, 0.3) is 0 Å². The Hall–Kier alpha value is -1.50. The molecule has 6 nitrogen and oxygen atoms in total. The second-order valence-electron chi connectivity index (χ2n) is 3.93. The predicted molar refractivity (Wildman–Crippen MR) is 68.0 cm³/mol. The molecule has 0 saturated carbocycles. The molecule has 0 bridgehead atoms. The Bertz CT molecular complexity index is 488. The van der Waals surface area contributed by atoms with Gasteiger partial charge >= 0.3 is 0 Å². The molecule has 0 aliphatic heterocycles. The minimum Gasteiger partial charge on any atom is -0.479 e. The predicted octanol–water partition coefficient (Wildman–Crippen LogP) is 0.517. The lowest BCUT2D eigenvalue weighted by atomic mass is 10.3. The number of nitrogens with one attached hydrogen (secondary N) is 1. The van der Waals surface area contributed by atoms with Crippen molar-refractivity contribution in [1.82, 2.24) is 4.98 Å². The number of anilines is 2. The monoisotopic (exact) mass is 259 g/mol. The molecular formula is C10H17N3O3S. The third-order valence-corrected chi connectivity index (χ3v) is 3.14. The third kappa shape index (κ3) is 4.48. The topological polar surface area (TPSA) is 94.3 Å². The summed E-state index contributed by atoms with van der Waals surface area (Å²) in [5.41, 5.74) is 6.06. The summed E-state index contributed by atoms with van der Waals surface area (Å²) in [6.45, 7) is 1.77. The fourth-order valence-corrected chi connectivity index (χ4v) is 2.43. The molecule has 1 aromatic rings. The van der Waals surface area contributed by atoms with Crippen molar-refractivity contribution < 1.29 is 13.2 Å². The van der Waals surface area contributed by atoms with Crippen LogP contribution in [-0.2, 0) is 9.84 Å². The zero-order valence-corrected chi connectivity index (χ0v) is 10.9. The fraction of sp³-hybridized carbons (Fsp3) is 0.500. The highest BCUT2D eigenvalue weighted by Gasteiger charge is 2.11. The minimum absolute atomic E-state index is 0.0430. The van der Waals surface area contributed by atoms with Gasteiger partial charge < -0.3 is 15.8 Å². The lowest BCUT2D eigenvalue weighted by molar-refractivity contribution is 0.401. The van der Waals surface area contributed by atoms with Crippen molar-refractivity contribution in [3.05, 3.63) is 12.1 Å². The Labute approximate surface area is 101 Å². The van der Waals surface area contributed by atoms with E-state index >= 15 is 0 Å². The van der Waals surface area contributed by atoms with Crippen molar-refractivity contribution in [2.24, 2.45) is 0 Å². The summed E-state index contributed by atoms with van der Waals surface area (Å²) in [5, 5.41) is 2.97. The number of pyridine rings is 1. The van der Waals surface area contributed by atoms with E-state index in [1.807, 2.05) is 0 Å². The summed E-state index contributed by atoms with van der Waals surface area (Å²) in [5.74, 6) is 0.898. The van der Waals surface area contributed by atoms with Gasteiger partial charge in [-0.25, -0.2) is 8.42 Å². The summed E-state index contributed by atoms with van der Waals surface area (Å²) in [6.07, 6.45) is 1.20. The molecule has 0 fully saturated rings. The lowest BCUT2D eigenvalue weighted by Gasteiger charge is -2.14. The van der Waals surface area contributed by atoms with Gasteiger partial charge in [0.05, 0.1) is 18.6 Å². The van der Waals surface area contributed by atoms with E-state index in [2.05, 4.69) is 10.3 Å². The first kappa shape index (κ1) is 13.6. The molecule has 0 amide bonds. The molecule has 0 saturated heterocycles. The first-order chi connectivity index (χ1) is 7.81. The van der Waals surface area contributed by atoms with Crippen LogP contribution in [0.4, 0.5) is 11.5 Å². The van der Waals surface area contributed by atoms with Crippen LogP contribution < -0.4 is 15.8 Å². The summed E-state index contributed by atoms with van der Waals surface area (Å²) in [4.78, 5) is 4.11. The van der Waals surface area contributed by atoms with E-state index in [1.54, 1.807) is 19.1 Å². The SMILES string of the molecule is COc1nc(NC(C)CS(C)(=O)=O)ccc1N. The van der Waals surface area contributed by atoms with Gasteiger partial charge in [-0.15, -0.1) is 0 Å². The van der Waals surface area contributed by atoms with Crippen LogP contribution in [0, 0.1) is 0 Å². The molecule has 1 aromatic heterocycles. The molecule has 1 rings (SSSR count). The van der Waals surface area contributed by atoms with E-state index in [9.17, 15) is 8.42 Å². The number of aromatic nitrogens is 1. The van der Waals surface area contributed by atoms with E-state index in [0.29, 0.717) is 17.4 Å². The first-order valence-electron chi connectivity index (χ1n) is 5.06. The number of sulfone groups is 1. The number of nitrogens with two attached hydrogens (primary N) is 1. The van der Waals surface area contributed by atoms with Gasteiger partial charge in [0.1, 0.15) is 15.7 Å². The Balaban J connectivity index is 2.75. The van der Waals surface area contributed by atoms with E-state index in [4.69, 9.17) is 10.5 Å². The van der Waals surface area contributed by atoms with E-state index in [1.165, 1.54) is 13.4 Å². The fourth-order valence-electron chi connectivity index (χ4n) is 1.44. The molecule has 0 aliphatic carbocycles. The van der Waals surface area contributed by atoms with Crippen LogP contribution in [0.3, 0.4) is 0 Å². The van der Waals surface area contributed by atoms with Crippen LogP contribution in [0.15, 0.2) is 12.1 Å². The number of rotatable bonds is 5. The van der Waals surface area contributed by atoms with Crippen LogP contribution in [0.25, 0.3) is 0 Å². The second-order valence-corrected chi connectivity index (χ2v) is 6.12. The van der Waals surface area contributed by atoms with Gasteiger partial charge in [0.2, 0.25) is 5.88 Å². The molecule has 7 heteroatoms. The number of nitrogens with zero attached hydrogens (tertiary/aromatic N) is 1. The molecule has 1 atom stereocenters. The average Bonchev–Trinajstić information content (AvgIpc) is 2.18. The van der Waals surface area contributed by atoms with Gasteiger partial charge in [0, 0.05) is 12.3 Å². The highest BCUT2D eigenvalue weighted by Crippen LogP contribution is 2.20. The Morgan fingerprint density at radius 1 is 1.53 bits per heavy atom. The maximum Gasteiger partial charge on any atom is 0.238 e. The highest BCUT2D eigenvalue weighted by molar-refractivity contribution is 7.90. The second kappa shape index (κ2) is 5.22. The van der Waals surface area contributed by atoms with E-state index in [0.717, 1.165) is 0 Å². The molecule has 17 heavy (non-hydrogen) atoms. The number of methoxy groups -OCH3 is 1. The molecular weight excluding hydrogens is 242 g/mol. The van der Waals surface area contributed by atoms with Crippen LogP contribution in [0.1, 0.15) is 6.92 Å². The van der Waals surface area contributed by atoms with Gasteiger partial charge in [-0.1, -0.05) is 0 Å². The highest BCUT2D eigenvalue weighted by atomic mass is 32.2. The van der Waals surface area contributed by atoms with Gasteiger partial charge in [0.15, 0.2) is 0 Å². The van der Waals surface area contributed by atoms with Crippen molar-refractivity contribution in [1.29, 1.82) is 0 Å². The summed E-state index contributed by atoms with van der Waals surface area (Å²) in [7, 11) is -1.54. The van der Waals surface area contributed by atoms with Crippen LogP contribution in [0.2, 0.25) is 0 Å². The Morgan fingerprint density at radius 3 is 2.71 bits per heavy atom. The molecule has 1 heterocycles. The maximum absolute atomic E-state index is 11.1. The molecule has 0 spiro atoms. The number of nitrogen functional groups attached to an aromatic ring is 1. The third-order valence-electron chi connectivity index (χ3n) is 2.03. The van der Waals surface area contributed by atoms with Crippen LogP contribution in [-0.4, -0.2) is 38.6 Å². The van der Waals surface area contributed by atoms with Crippen molar-refractivity contribution in [3.8, 4) is 5.88 Å². The standard InChI is InChI=1S/C10H17N3O3S/c1-7(6-17(3,14)15)12-9-5-4-8(11)10(13-9)16-2/h4-5,7H,6,11H2,1-3H3,(H,12,13). The number of hydrogen-bond acceptors (Lipinski definition) is 6. The van der Waals surface area contributed by atoms with Crippen molar-refractivity contribution in [2.75, 3.05) is 30.2 Å². The first-order valence-corrected chi connectivity index (χ1v) is 7.12. The van der Waals surface area contributed by atoms with Gasteiger partial charge in [-0.05, 0) is 19.1 Å². The van der Waals surface area contributed by atoms with Crippen molar-refractivity contribution in [3.63, 3.8) is 0 Å². The molecule has 1 unspecified atom stereocenters. The summed E-state index contributed by atoms with van der Waals surface area (Å²) < 4.78 is 27.2. The summed E-state index contributed by atoms with van der Waals surface area (Å²) in [6, 6.07) is 3.10. The van der Waals surface area contributed by atoms with E-state index < -0.39 is 9.84 Å². The summed E-state index contributed by atoms with van der Waals surface area (Å²) >= 11 is 0. The molecule has 0 aliphatic rings. The van der Waals surface area contributed by atoms with Gasteiger partial charge in [-0.3, -0.25) is 0 Å². The molecule has 96 valence electrons. The normalized spacial score (nSPS) is 13.1. The number of hydrogen-bond donors (Lipinski definition) is 2. The minimum atomic E-state index is -3.01. The quantitative estimate of drug-likeness (QED) is 0.800. The smallest absolute Gasteiger partial charge is 0.238 e. The number of ether oxygens (including phenoxy) is 1. The zero-order valence-electron chi connectivity index (χ0n) is 10.1. The van der Waals surface area contributed by atoms with Gasteiger partial charge in [-0.2, -0.15) is 4.98 Å². The maximum atomic E-state index is 11.1. The molecule has 0 radical (unpaired) electrons. The van der Waals surface area contributed by atoms with Crippen molar-refractivity contribution in [2.45, 2.75) is 13.0 Å². The molecule has 3 N–H and O–H groups in total. The van der Waals surface area contributed by atoms with Crippen molar-refractivity contribution >= 4 is 21.3 Å². The van der Waals surface area contributed by atoms with Crippen LogP contribution in [0.5, 0.6) is 5.88 Å². The van der Waals surface area contributed by atoms with E-state index in [-0.39, 0.29) is 11.8 Å². The average molecular weight is 259 g/mol.